The molecule has 210 valence electrons. The van der Waals surface area contributed by atoms with E-state index in [-0.39, 0.29) is 0 Å². The minimum atomic E-state index is 0.654. The molecule has 0 saturated carbocycles. The molecule has 0 aliphatic heterocycles. The fourth-order valence-electron chi connectivity index (χ4n) is 7.57. The molecule has 0 fully saturated rings. The molecule has 4 aromatic carbocycles. The van der Waals surface area contributed by atoms with Crippen molar-refractivity contribution in [3.05, 3.63) is 131 Å². The van der Waals surface area contributed by atoms with Gasteiger partial charge in [-0.1, -0.05) is 97.1 Å². The second kappa shape index (κ2) is 9.89. The van der Waals surface area contributed by atoms with E-state index in [4.69, 9.17) is 9.97 Å². The van der Waals surface area contributed by atoms with Gasteiger partial charge < -0.3 is 0 Å². The zero-order chi connectivity index (χ0) is 29.2. The van der Waals surface area contributed by atoms with Crippen LogP contribution in [0.15, 0.2) is 109 Å². The third kappa shape index (κ3) is 3.75. The maximum atomic E-state index is 4.96. The zero-order valence-corrected chi connectivity index (χ0v) is 24.7. The van der Waals surface area contributed by atoms with E-state index in [9.17, 15) is 0 Å². The van der Waals surface area contributed by atoms with E-state index < -0.39 is 0 Å². The Morgan fingerprint density at radius 3 is 2.52 bits per heavy atom. The molecule has 0 N–H and O–H groups in total. The molecule has 1 atom stereocenters. The predicted octanol–water partition coefficient (Wildman–Crippen LogP) is 8.95. The largest absolute Gasteiger partial charge is 0.292 e. The Bertz CT molecular complexity index is 2480. The van der Waals surface area contributed by atoms with Crippen molar-refractivity contribution in [2.24, 2.45) is 0 Å². The molecule has 2 aliphatic carbocycles. The van der Waals surface area contributed by atoms with Crippen LogP contribution in [0.2, 0.25) is 0 Å². The van der Waals surface area contributed by atoms with E-state index in [1.807, 2.05) is 31.5 Å². The molecule has 0 bridgehead atoms. The summed E-state index contributed by atoms with van der Waals surface area (Å²) in [7, 11) is 0. The van der Waals surface area contributed by atoms with Crippen molar-refractivity contribution < 1.29 is 0 Å². The van der Waals surface area contributed by atoms with Gasteiger partial charge in [-0.05, 0) is 88.2 Å². The van der Waals surface area contributed by atoms with Crippen LogP contribution in [0.1, 0.15) is 43.4 Å². The number of fused-ring (bicyclic) bond motifs is 6. The van der Waals surface area contributed by atoms with Crippen molar-refractivity contribution in [3.8, 4) is 22.4 Å². The van der Waals surface area contributed by atoms with Crippen molar-refractivity contribution in [2.45, 2.75) is 32.1 Å². The highest BCUT2D eigenvalue weighted by Gasteiger charge is 2.22. The Morgan fingerprint density at radius 2 is 1.61 bits per heavy atom. The molecule has 3 aromatic heterocycles. The predicted molar refractivity (Wildman–Crippen MR) is 185 cm³/mol. The molecule has 9 rings (SSSR count). The van der Waals surface area contributed by atoms with Crippen molar-refractivity contribution in [3.63, 3.8) is 0 Å². The van der Waals surface area contributed by atoms with Gasteiger partial charge in [0.05, 0.1) is 23.1 Å². The summed E-state index contributed by atoms with van der Waals surface area (Å²) in [5.41, 5.74) is 9.30. The Morgan fingerprint density at radius 1 is 0.750 bits per heavy atom. The van der Waals surface area contributed by atoms with Gasteiger partial charge in [-0.25, -0.2) is 4.98 Å². The monoisotopic (exact) mass is 565 g/mol. The first-order valence-electron chi connectivity index (χ1n) is 15.6. The van der Waals surface area contributed by atoms with Gasteiger partial charge in [-0.2, -0.15) is 0 Å². The third-order valence-electron chi connectivity index (χ3n) is 9.63. The summed E-state index contributed by atoms with van der Waals surface area (Å²) in [6.07, 6.45) is 20.7. The molecule has 0 saturated heterocycles. The number of hydrogen-bond donors (Lipinski definition) is 0. The maximum absolute atomic E-state index is 4.96. The smallest absolute Gasteiger partial charge is 0.145 e. The molecule has 0 radical (unpaired) electrons. The summed E-state index contributed by atoms with van der Waals surface area (Å²) >= 11 is 0. The van der Waals surface area contributed by atoms with Crippen LogP contribution in [0.3, 0.4) is 0 Å². The molecule has 44 heavy (non-hydrogen) atoms. The number of para-hydroxylation sites is 1. The summed E-state index contributed by atoms with van der Waals surface area (Å²) in [5, 5.41) is 9.05. The van der Waals surface area contributed by atoms with E-state index in [2.05, 4.69) is 108 Å². The lowest BCUT2D eigenvalue weighted by molar-refractivity contribution is 0.646. The number of allylic oxidation sites excluding steroid dienone is 3. The lowest BCUT2D eigenvalue weighted by Crippen LogP contribution is -2.24. The molecule has 3 nitrogen and oxygen atoms in total. The Hall–Kier alpha value is -5.28. The van der Waals surface area contributed by atoms with E-state index >= 15 is 0 Å². The number of benzene rings is 4. The first kappa shape index (κ1) is 25.2. The number of rotatable bonds is 4. The van der Waals surface area contributed by atoms with Gasteiger partial charge in [0.15, 0.2) is 0 Å². The molecule has 3 heteroatoms. The second-order valence-electron chi connectivity index (χ2n) is 12.0. The highest BCUT2D eigenvalue weighted by Crippen LogP contribution is 2.37. The van der Waals surface area contributed by atoms with Crippen LogP contribution < -0.4 is 10.4 Å². The van der Waals surface area contributed by atoms with Crippen LogP contribution in [0, 0.1) is 0 Å². The molecular formula is C41H31N3. The number of hydrogen-bond acceptors (Lipinski definition) is 2. The summed E-state index contributed by atoms with van der Waals surface area (Å²) in [6.45, 7) is 2.03. The summed E-state index contributed by atoms with van der Waals surface area (Å²) < 4.78 is 2.26. The Labute approximate surface area is 255 Å². The van der Waals surface area contributed by atoms with Gasteiger partial charge in [0.1, 0.15) is 5.65 Å². The molecular weight excluding hydrogens is 534 g/mol. The molecule has 0 amide bonds. The van der Waals surface area contributed by atoms with Gasteiger partial charge in [0.25, 0.3) is 0 Å². The average molecular weight is 566 g/mol. The fourth-order valence-corrected chi connectivity index (χ4v) is 7.57. The van der Waals surface area contributed by atoms with Gasteiger partial charge in [0, 0.05) is 27.9 Å². The summed E-state index contributed by atoms with van der Waals surface area (Å²) in [4.78, 5) is 9.86. The molecule has 0 spiro atoms. The van der Waals surface area contributed by atoms with E-state index in [0.29, 0.717) is 5.92 Å². The minimum Gasteiger partial charge on any atom is -0.292 e. The number of pyridine rings is 2. The SMILES string of the molecule is C/C=C\C=C/c1cnc2c3cc(-c4ccc(-c5ccc6c7c8c(ccc57)=CCCC8CC=6)cc4)ncc3c3ccccc3n12. The van der Waals surface area contributed by atoms with E-state index in [1.165, 1.54) is 50.6 Å². The Balaban J connectivity index is 1.17. The second-order valence-corrected chi connectivity index (χ2v) is 12.0. The highest BCUT2D eigenvalue weighted by atomic mass is 15.0. The highest BCUT2D eigenvalue weighted by molar-refractivity contribution is 6.12. The van der Waals surface area contributed by atoms with Crippen molar-refractivity contribution in [2.75, 3.05) is 0 Å². The summed E-state index contributed by atoms with van der Waals surface area (Å²) in [6, 6.07) is 29.0. The van der Waals surface area contributed by atoms with Crippen LogP contribution in [0.25, 0.3) is 78.7 Å². The minimum absolute atomic E-state index is 0.654. The normalized spacial score (nSPS) is 16.0. The number of aromatic nitrogens is 3. The van der Waals surface area contributed by atoms with Gasteiger partial charge >= 0.3 is 0 Å². The third-order valence-corrected chi connectivity index (χ3v) is 9.63. The molecule has 1 unspecified atom stereocenters. The topological polar surface area (TPSA) is 30.2 Å². The van der Waals surface area contributed by atoms with Gasteiger partial charge in [0.2, 0.25) is 0 Å². The lowest BCUT2D eigenvalue weighted by atomic mass is 9.78. The molecule has 2 aliphatic rings. The van der Waals surface area contributed by atoms with Gasteiger partial charge in [-0.15, -0.1) is 0 Å². The van der Waals surface area contributed by atoms with Crippen molar-refractivity contribution >= 4 is 56.3 Å². The fraction of sp³-hybridized carbons (Fsp3) is 0.122. The lowest BCUT2D eigenvalue weighted by Gasteiger charge is -2.26. The van der Waals surface area contributed by atoms with E-state index in [0.717, 1.165) is 45.3 Å². The van der Waals surface area contributed by atoms with Crippen LogP contribution >= 0.6 is 0 Å². The van der Waals surface area contributed by atoms with Crippen molar-refractivity contribution in [1.82, 2.24) is 14.4 Å². The molecule has 7 aromatic rings. The number of nitrogens with zero attached hydrogens (tertiary/aromatic N) is 3. The Kier molecular flexibility index (Phi) is 5.67. The zero-order valence-electron chi connectivity index (χ0n) is 24.7. The average Bonchev–Trinajstić information content (AvgIpc) is 3.52. The van der Waals surface area contributed by atoms with Crippen LogP contribution in [0.5, 0.6) is 0 Å². The van der Waals surface area contributed by atoms with E-state index in [1.54, 1.807) is 5.56 Å². The van der Waals surface area contributed by atoms with Crippen LogP contribution in [-0.2, 0) is 0 Å². The first-order valence-corrected chi connectivity index (χ1v) is 15.6. The van der Waals surface area contributed by atoms with Crippen LogP contribution in [-0.4, -0.2) is 14.4 Å². The molecule has 3 heterocycles. The van der Waals surface area contributed by atoms with Gasteiger partial charge in [-0.3, -0.25) is 9.38 Å². The maximum Gasteiger partial charge on any atom is 0.145 e. The standard InChI is InChI=1S/C41H31N3/c1-2-3-4-10-31-24-43-41-35-23-37(42-25-36(35)33-11-5-6-12-38(33)44(31)41)27-15-13-26(14-16-27)32-21-19-30-18-17-28-8-7-9-29-20-22-34(32)40(30)39(28)29/h2-6,9-16,18-25,28H,7-8,17H2,1H3/b3-2-,10-4-. The van der Waals surface area contributed by atoms with Crippen molar-refractivity contribution in [1.29, 1.82) is 0 Å². The first-order chi connectivity index (χ1) is 21.8. The summed E-state index contributed by atoms with van der Waals surface area (Å²) in [5.74, 6) is 0.654. The van der Waals surface area contributed by atoms with Crippen LogP contribution in [0.4, 0.5) is 0 Å². The quantitative estimate of drug-likeness (QED) is 0.158. The number of imidazole rings is 1.